The molecule has 39 heavy (non-hydrogen) atoms. The molecule has 3 heterocycles. The van der Waals surface area contributed by atoms with E-state index >= 15 is 0 Å². The molecule has 2 aliphatic rings. The van der Waals surface area contributed by atoms with Gasteiger partial charge in [0.15, 0.2) is 0 Å². The van der Waals surface area contributed by atoms with Crippen molar-refractivity contribution < 1.29 is 13.2 Å². The van der Waals surface area contributed by atoms with Crippen LogP contribution in [-0.2, 0) is 10.0 Å². The molecule has 1 saturated heterocycles. The summed E-state index contributed by atoms with van der Waals surface area (Å²) >= 11 is 0. The number of aryl methyl sites for hydroxylation is 1. The lowest BCUT2D eigenvalue weighted by molar-refractivity contribution is 0.466. The zero-order chi connectivity index (χ0) is 26.8. The fourth-order valence-electron chi connectivity index (χ4n) is 5.13. The maximum atomic E-state index is 12.9. The van der Waals surface area contributed by atoms with Crippen LogP contribution in [0.15, 0.2) is 60.9 Å². The Labute approximate surface area is 228 Å². The largest absolute Gasteiger partial charge is 0.437 e. The third-order valence-corrected chi connectivity index (χ3v) is 9.31. The average molecular weight is 545 g/mol. The van der Waals surface area contributed by atoms with Crippen LogP contribution in [0, 0.1) is 6.92 Å². The van der Waals surface area contributed by atoms with Gasteiger partial charge in [0.25, 0.3) is 0 Å². The molecule has 6 rings (SSSR count). The van der Waals surface area contributed by atoms with Crippen molar-refractivity contribution in [1.82, 2.24) is 20.3 Å². The smallest absolute Gasteiger partial charge is 0.235 e. The average Bonchev–Trinajstić information content (AvgIpc) is 2.90. The van der Waals surface area contributed by atoms with E-state index in [9.17, 15) is 8.42 Å². The van der Waals surface area contributed by atoms with Crippen LogP contribution in [0.1, 0.15) is 37.7 Å². The maximum Gasteiger partial charge on any atom is 0.235 e. The molecule has 1 saturated carbocycles. The highest BCUT2D eigenvalue weighted by Gasteiger charge is 2.31. The molecule has 4 aromatic rings. The van der Waals surface area contributed by atoms with Crippen LogP contribution >= 0.6 is 0 Å². The van der Waals surface area contributed by atoms with Crippen molar-refractivity contribution in [2.45, 2.75) is 50.3 Å². The van der Waals surface area contributed by atoms with Crippen molar-refractivity contribution in [3.05, 3.63) is 66.5 Å². The molecule has 2 fully saturated rings. The summed E-state index contributed by atoms with van der Waals surface area (Å²) in [7, 11) is -3.44. The number of rotatable bonds is 8. The highest BCUT2D eigenvalue weighted by molar-refractivity contribution is 7.93. The van der Waals surface area contributed by atoms with Gasteiger partial charge in [-0.15, -0.1) is 0 Å². The van der Waals surface area contributed by atoms with Crippen LogP contribution in [-0.4, -0.2) is 47.8 Å². The number of fused-ring (bicyclic) bond motifs is 1. The quantitative estimate of drug-likeness (QED) is 0.275. The van der Waals surface area contributed by atoms with E-state index in [4.69, 9.17) is 9.72 Å². The van der Waals surface area contributed by atoms with Gasteiger partial charge in [0.05, 0.1) is 22.2 Å². The number of nitrogens with zero attached hydrogens (tertiary/aromatic N) is 3. The Kier molecular flexibility index (Phi) is 7.05. The van der Waals surface area contributed by atoms with E-state index in [1.54, 1.807) is 12.4 Å². The summed E-state index contributed by atoms with van der Waals surface area (Å²) in [5.41, 5.74) is 2.80. The first-order valence-electron chi connectivity index (χ1n) is 13.5. The summed E-state index contributed by atoms with van der Waals surface area (Å²) in [4.78, 5) is 13.7. The van der Waals surface area contributed by atoms with Crippen LogP contribution in [0.4, 0.5) is 11.6 Å². The Bertz CT molecular complexity index is 1600. The second-order valence-electron chi connectivity index (χ2n) is 10.2. The van der Waals surface area contributed by atoms with Crippen LogP contribution in [0.3, 0.4) is 0 Å². The standard InChI is InChI=1S/C29H32N6O3S/c1-19-17-26(35-39(36,37)21-8-4-9-21)22-10-2-3-11-23(22)27(19)38-28-24(12-6-15-31-28)25-13-16-32-29(34-25)33-20-7-5-14-30-18-20/h2-3,6,10-13,15-17,20-21,30,35H,4-5,7-9,14,18H2,1H3,(H,32,33,34)/t20-/m0/s1. The normalized spacial score (nSPS) is 17.9. The lowest BCUT2D eigenvalue weighted by Gasteiger charge is -2.26. The monoisotopic (exact) mass is 544 g/mol. The topological polar surface area (TPSA) is 118 Å². The van der Waals surface area contributed by atoms with E-state index in [1.807, 2.05) is 55.5 Å². The molecule has 1 atom stereocenters. The summed E-state index contributed by atoms with van der Waals surface area (Å²) in [5, 5.41) is 8.08. The van der Waals surface area contributed by atoms with Gasteiger partial charge in [0.1, 0.15) is 5.75 Å². The minimum atomic E-state index is -3.44. The second-order valence-corrected chi connectivity index (χ2v) is 12.2. The number of nitrogens with one attached hydrogen (secondary N) is 3. The zero-order valence-electron chi connectivity index (χ0n) is 21.9. The number of anilines is 2. The van der Waals surface area contributed by atoms with Crippen molar-refractivity contribution in [2.75, 3.05) is 23.1 Å². The van der Waals surface area contributed by atoms with Crippen LogP contribution in [0.2, 0.25) is 0 Å². The Morgan fingerprint density at radius 3 is 2.59 bits per heavy atom. The van der Waals surface area contributed by atoms with E-state index in [0.717, 1.165) is 54.3 Å². The first-order chi connectivity index (χ1) is 19.0. The molecule has 0 radical (unpaired) electrons. The number of hydrogen-bond acceptors (Lipinski definition) is 8. The fourth-order valence-corrected chi connectivity index (χ4v) is 6.72. The van der Waals surface area contributed by atoms with Crippen molar-refractivity contribution in [3.63, 3.8) is 0 Å². The predicted molar refractivity (Wildman–Crippen MR) is 154 cm³/mol. The molecule has 1 aliphatic heterocycles. The molecule has 3 N–H and O–H groups in total. The highest BCUT2D eigenvalue weighted by atomic mass is 32.2. The fraction of sp³-hybridized carbons (Fsp3) is 0.345. The number of ether oxygens (including phenoxy) is 1. The van der Waals surface area contributed by atoms with Gasteiger partial charge in [-0.1, -0.05) is 30.7 Å². The molecule has 2 aromatic heterocycles. The van der Waals surface area contributed by atoms with Crippen LogP contribution < -0.4 is 20.1 Å². The number of aromatic nitrogens is 3. The van der Waals surface area contributed by atoms with Crippen LogP contribution in [0.5, 0.6) is 11.6 Å². The van der Waals surface area contributed by atoms with Gasteiger partial charge in [-0.3, -0.25) is 4.72 Å². The summed E-state index contributed by atoms with van der Waals surface area (Å²) < 4.78 is 35.1. The maximum absolute atomic E-state index is 12.9. The van der Waals surface area contributed by atoms with Crippen molar-refractivity contribution >= 4 is 32.4 Å². The molecule has 0 bridgehead atoms. The number of pyridine rings is 1. The first kappa shape index (κ1) is 25.5. The van der Waals surface area contributed by atoms with Crippen molar-refractivity contribution in [1.29, 1.82) is 0 Å². The summed E-state index contributed by atoms with van der Waals surface area (Å²) in [5.74, 6) is 1.61. The lowest BCUT2D eigenvalue weighted by atomic mass is 10.0. The minimum absolute atomic E-state index is 0.285. The van der Waals surface area contributed by atoms with Gasteiger partial charge in [-0.25, -0.2) is 23.4 Å². The molecule has 202 valence electrons. The molecule has 9 nitrogen and oxygen atoms in total. The molecule has 1 aliphatic carbocycles. The van der Waals surface area contributed by atoms with E-state index in [2.05, 4.69) is 25.3 Å². The minimum Gasteiger partial charge on any atom is -0.437 e. The number of hydrogen-bond donors (Lipinski definition) is 3. The number of sulfonamides is 1. The Balaban J connectivity index is 1.33. The molecular formula is C29H32N6O3S. The molecule has 0 unspecified atom stereocenters. The number of piperidine rings is 1. The third kappa shape index (κ3) is 5.39. The second kappa shape index (κ2) is 10.8. The summed E-state index contributed by atoms with van der Waals surface area (Å²) in [6.07, 6.45) is 7.97. The number of benzene rings is 2. The van der Waals surface area contributed by atoms with E-state index < -0.39 is 10.0 Å². The van der Waals surface area contributed by atoms with E-state index in [1.165, 1.54) is 0 Å². The van der Waals surface area contributed by atoms with Gasteiger partial charge in [0.2, 0.25) is 21.9 Å². The first-order valence-corrected chi connectivity index (χ1v) is 15.0. The Morgan fingerprint density at radius 2 is 1.82 bits per heavy atom. The molecule has 0 spiro atoms. The molecule has 10 heteroatoms. The lowest BCUT2D eigenvalue weighted by Crippen LogP contribution is -2.38. The van der Waals surface area contributed by atoms with Crippen LogP contribution in [0.25, 0.3) is 22.0 Å². The van der Waals surface area contributed by atoms with Gasteiger partial charge >= 0.3 is 0 Å². The zero-order valence-corrected chi connectivity index (χ0v) is 22.7. The highest BCUT2D eigenvalue weighted by Crippen LogP contribution is 2.40. The molecule has 2 aromatic carbocycles. The van der Waals surface area contributed by atoms with Gasteiger partial charge < -0.3 is 15.4 Å². The van der Waals surface area contributed by atoms with Crippen molar-refractivity contribution in [3.8, 4) is 22.9 Å². The summed E-state index contributed by atoms with van der Waals surface area (Å²) in [6, 6.07) is 15.4. The Hall–Kier alpha value is -3.76. The van der Waals surface area contributed by atoms with Gasteiger partial charge in [-0.2, -0.15) is 0 Å². The van der Waals surface area contributed by atoms with E-state index in [-0.39, 0.29) is 11.3 Å². The SMILES string of the molecule is Cc1cc(NS(=O)(=O)C2CCC2)c2ccccc2c1Oc1ncccc1-c1ccnc(N[C@H]2CCCNC2)n1. The van der Waals surface area contributed by atoms with Gasteiger partial charge in [0, 0.05) is 35.8 Å². The molecule has 0 amide bonds. The van der Waals surface area contributed by atoms with E-state index in [0.29, 0.717) is 41.8 Å². The summed E-state index contributed by atoms with van der Waals surface area (Å²) in [6.45, 7) is 3.83. The molecular weight excluding hydrogens is 512 g/mol. The predicted octanol–water partition coefficient (Wildman–Crippen LogP) is 5.25. The van der Waals surface area contributed by atoms with Crippen molar-refractivity contribution in [2.24, 2.45) is 0 Å². The Morgan fingerprint density at radius 1 is 0.974 bits per heavy atom. The third-order valence-electron chi connectivity index (χ3n) is 7.46. The van der Waals surface area contributed by atoms with Gasteiger partial charge in [-0.05, 0) is 69.0 Å².